The monoisotopic (exact) mass is 596 g/mol. The van der Waals surface area contributed by atoms with Gasteiger partial charge < -0.3 is 15.6 Å². The van der Waals surface area contributed by atoms with Crippen molar-refractivity contribution in [3.05, 3.63) is 167 Å². The van der Waals surface area contributed by atoms with E-state index in [4.69, 9.17) is 10.5 Å². The van der Waals surface area contributed by atoms with Gasteiger partial charge in [-0.15, -0.1) is 0 Å². The number of carboxylic acid groups (broad SMARTS) is 1. The number of nitrogens with two attached hydrogens (primary N) is 1. The molecule has 6 rings (SSSR count). The molecule has 0 spiro atoms. The van der Waals surface area contributed by atoms with Crippen LogP contribution >= 0.6 is 0 Å². The highest BCUT2D eigenvalue weighted by Crippen LogP contribution is 2.47. The van der Waals surface area contributed by atoms with E-state index in [0.717, 1.165) is 22.3 Å². The summed E-state index contributed by atoms with van der Waals surface area (Å²) in [6, 6.07) is 41.9. The van der Waals surface area contributed by atoms with Crippen LogP contribution in [-0.2, 0) is 19.9 Å². The van der Waals surface area contributed by atoms with Gasteiger partial charge in [-0.25, -0.2) is 9.59 Å². The Hall–Kier alpha value is -5.69. The number of ether oxygens (including phenoxy) is 1. The molecule has 1 aliphatic rings. The average molecular weight is 597 g/mol. The standard InChI is InChI=1S/C38H32N2O5/c39-35(41)24-34(36(42)43)40(37(44)45-25-33-31-22-12-10-20-29(31)30-21-11-13-23-32(30)33)38(26-14-4-1-5-15-26,27-16-6-2-7-17-27)28-18-8-3-9-19-28/h1-23,33-34H,24-25H2,(H2,39,41)(H,42,43)/t34-/m1/s1. The minimum absolute atomic E-state index is 0.0410. The van der Waals surface area contributed by atoms with Crippen molar-refractivity contribution in [3.8, 4) is 11.1 Å². The van der Waals surface area contributed by atoms with Crippen molar-refractivity contribution in [3.63, 3.8) is 0 Å². The second kappa shape index (κ2) is 12.5. The van der Waals surface area contributed by atoms with E-state index < -0.39 is 36.0 Å². The molecule has 5 aromatic rings. The van der Waals surface area contributed by atoms with Crippen molar-refractivity contribution in [1.82, 2.24) is 4.90 Å². The lowest BCUT2D eigenvalue weighted by atomic mass is 9.74. The lowest BCUT2D eigenvalue weighted by molar-refractivity contribution is -0.146. The molecular weight excluding hydrogens is 564 g/mol. The molecule has 0 fully saturated rings. The molecule has 1 aliphatic carbocycles. The lowest BCUT2D eigenvalue weighted by Crippen LogP contribution is -2.59. The number of rotatable bonds is 10. The van der Waals surface area contributed by atoms with Crippen molar-refractivity contribution >= 4 is 18.0 Å². The Balaban J connectivity index is 1.54. The van der Waals surface area contributed by atoms with Gasteiger partial charge in [-0.1, -0.05) is 140 Å². The van der Waals surface area contributed by atoms with Crippen molar-refractivity contribution in [2.75, 3.05) is 6.61 Å². The van der Waals surface area contributed by atoms with Gasteiger partial charge in [0.25, 0.3) is 0 Å². The summed E-state index contributed by atoms with van der Waals surface area (Å²) >= 11 is 0. The zero-order valence-electron chi connectivity index (χ0n) is 24.5. The Morgan fingerprint density at radius 1 is 0.667 bits per heavy atom. The molecule has 0 aromatic heterocycles. The minimum Gasteiger partial charge on any atom is -0.480 e. The third-order valence-electron chi connectivity index (χ3n) is 8.46. The Kier molecular flexibility index (Phi) is 8.16. The molecule has 0 bridgehead atoms. The van der Waals surface area contributed by atoms with Gasteiger partial charge in [0.1, 0.15) is 18.2 Å². The molecule has 3 N–H and O–H groups in total. The number of hydrogen-bond acceptors (Lipinski definition) is 4. The van der Waals surface area contributed by atoms with Crippen molar-refractivity contribution < 1.29 is 24.2 Å². The highest BCUT2D eigenvalue weighted by atomic mass is 16.6. The number of fused-ring (bicyclic) bond motifs is 3. The van der Waals surface area contributed by atoms with E-state index >= 15 is 0 Å². The molecule has 7 nitrogen and oxygen atoms in total. The smallest absolute Gasteiger partial charge is 0.411 e. The van der Waals surface area contributed by atoms with E-state index in [1.807, 2.05) is 140 Å². The molecule has 0 saturated carbocycles. The number of benzene rings is 5. The van der Waals surface area contributed by atoms with Crippen LogP contribution in [0.4, 0.5) is 4.79 Å². The first-order valence-corrected chi connectivity index (χ1v) is 14.7. The molecule has 0 unspecified atom stereocenters. The third-order valence-corrected chi connectivity index (χ3v) is 8.46. The summed E-state index contributed by atoms with van der Waals surface area (Å²) in [6.45, 7) is -0.0410. The molecular formula is C38H32N2O5. The number of carbonyl (C=O) groups excluding carboxylic acids is 2. The third kappa shape index (κ3) is 5.33. The highest BCUT2D eigenvalue weighted by molar-refractivity contribution is 5.88. The molecule has 5 aromatic carbocycles. The van der Waals surface area contributed by atoms with Gasteiger partial charge in [0, 0.05) is 5.92 Å². The summed E-state index contributed by atoms with van der Waals surface area (Å²) in [5.41, 5.74) is 10.1. The Morgan fingerprint density at radius 3 is 1.47 bits per heavy atom. The Labute approximate surface area is 261 Å². The van der Waals surface area contributed by atoms with Crippen molar-refractivity contribution in [2.45, 2.75) is 23.9 Å². The van der Waals surface area contributed by atoms with Crippen LogP contribution in [0.15, 0.2) is 140 Å². The fourth-order valence-corrected chi connectivity index (χ4v) is 6.60. The summed E-state index contributed by atoms with van der Waals surface area (Å²) in [5.74, 6) is -2.50. The van der Waals surface area contributed by atoms with Crippen molar-refractivity contribution in [1.29, 1.82) is 0 Å². The van der Waals surface area contributed by atoms with Crippen LogP contribution in [0, 0.1) is 0 Å². The molecule has 0 heterocycles. The Morgan fingerprint density at radius 2 is 1.07 bits per heavy atom. The molecule has 0 aliphatic heterocycles. The predicted molar refractivity (Wildman–Crippen MR) is 171 cm³/mol. The van der Waals surface area contributed by atoms with E-state index in [0.29, 0.717) is 16.7 Å². The van der Waals surface area contributed by atoms with Gasteiger partial charge in [-0.05, 0) is 38.9 Å². The molecule has 0 saturated heterocycles. The Bertz CT molecular complexity index is 1680. The normalized spacial score (nSPS) is 12.9. The number of amides is 2. The maximum atomic E-state index is 14.7. The van der Waals surface area contributed by atoms with E-state index in [2.05, 4.69) is 0 Å². The lowest BCUT2D eigenvalue weighted by Gasteiger charge is -2.47. The fraction of sp³-hybridized carbons (Fsp3) is 0.132. The molecule has 0 radical (unpaired) electrons. The van der Waals surface area contributed by atoms with Crippen LogP contribution in [0.3, 0.4) is 0 Å². The first kappa shape index (κ1) is 29.4. The maximum Gasteiger partial charge on any atom is 0.411 e. The number of primary amides is 1. The summed E-state index contributed by atoms with van der Waals surface area (Å²) in [7, 11) is 0. The zero-order chi connectivity index (χ0) is 31.4. The number of aliphatic carboxylic acids is 1. The number of carbonyl (C=O) groups is 3. The highest BCUT2D eigenvalue weighted by Gasteiger charge is 2.51. The first-order valence-electron chi connectivity index (χ1n) is 14.7. The summed E-state index contributed by atoms with van der Waals surface area (Å²) in [6.07, 6.45) is -1.50. The molecule has 224 valence electrons. The van der Waals surface area contributed by atoms with Gasteiger partial charge in [0.2, 0.25) is 5.91 Å². The predicted octanol–water partition coefficient (Wildman–Crippen LogP) is 6.56. The quantitative estimate of drug-likeness (QED) is 0.178. The number of hydrogen-bond donors (Lipinski definition) is 2. The SMILES string of the molecule is NC(=O)C[C@H](C(=O)O)N(C(=O)OCC1c2ccccc2-c2ccccc21)C(c1ccccc1)(c1ccccc1)c1ccccc1. The maximum absolute atomic E-state index is 14.7. The molecule has 2 amide bonds. The van der Waals surface area contributed by atoms with E-state index in [-0.39, 0.29) is 12.5 Å². The second-order valence-electron chi connectivity index (χ2n) is 11.0. The topological polar surface area (TPSA) is 110 Å². The van der Waals surface area contributed by atoms with Gasteiger partial charge in [0.15, 0.2) is 0 Å². The minimum atomic E-state index is -1.65. The zero-order valence-corrected chi connectivity index (χ0v) is 24.5. The van der Waals surface area contributed by atoms with Crippen LogP contribution in [0.1, 0.15) is 40.2 Å². The first-order chi connectivity index (χ1) is 21.9. The van der Waals surface area contributed by atoms with Gasteiger partial charge >= 0.3 is 12.1 Å². The van der Waals surface area contributed by atoms with Gasteiger partial charge in [-0.2, -0.15) is 0 Å². The van der Waals surface area contributed by atoms with Crippen LogP contribution in [0.2, 0.25) is 0 Å². The van der Waals surface area contributed by atoms with Crippen LogP contribution in [-0.4, -0.2) is 40.6 Å². The summed E-state index contributed by atoms with van der Waals surface area (Å²) in [4.78, 5) is 41.3. The fourth-order valence-electron chi connectivity index (χ4n) is 6.60. The van der Waals surface area contributed by atoms with E-state index in [9.17, 15) is 19.5 Å². The van der Waals surface area contributed by atoms with E-state index in [1.54, 1.807) is 0 Å². The van der Waals surface area contributed by atoms with E-state index in [1.165, 1.54) is 4.90 Å². The number of nitrogens with zero attached hydrogens (tertiary/aromatic N) is 1. The van der Waals surface area contributed by atoms with Crippen LogP contribution in [0.25, 0.3) is 11.1 Å². The van der Waals surface area contributed by atoms with Crippen molar-refractivity contribution in [2.24, 2.45) is 5.73 Å². The summed E-state index contributed by atoms with van der Waals surface area (Å²) in [5, 5.41) is 10.6. The van der Waals surface area contributed by atoms with Crippen LogP contribution in [0.5, 0.6) is 0 Å². The molecule has 1 atom stereocenters. The number of carboxylic acids is 1. The van der Waals surface area contributed by atoms with Gasteiger partial charge in [-0.3, -0.25) is 9.69 Å². The summed E-state index contributed by atoms with van der Waals surface area (Å²) < 4.78 is 6.16. The average Bonchev–Trinajstić information content (AvgIpc) is 3.40. The second-order valence-corrected chi connectivity index (χ2v) is 11.0. The van der Waals surface area contributed by atoms with Gasteiger partial charge in [0.05, 0.1) is 6.42 Å². The molecule has 45 heavy (non-hydrogen) atoms. The molecule has 7 heteroatoms. The largest absolute Gasteiger partial charge is 0.480 e. The van der Waals surface area contributed by atoms with Crippen LogP contribution < -0.4 is 5.73 Å².